The summed E-state index contributed by atoms with van der Waals surface area (Å²) in [5.41, 5.74) is 1.70. The zero-order chi connectivity index (χ0) is 16.1. The van der Waals surface area contributed by atoms with Crippen molar-refractivity contribution < 1.29 is 9.59 Å². The first kappa shape index (κ1) is 16.6. The van der Waals surface area contributed by atoms with Crippen LogP contribution >= 0.6 is 11.8 Å². The number of nitrogens with zero attached hydrogens (tertiary/aromatic N) is 1. The van der Waals surface area contributed by atoms with Gasteiger partial charge in [0.1, 0.15) is 0 Å². The summed E-state index contributed by atoms with van der Waals surface area (Å²) in [4.78, 5) is 25.2. The minimum absolute atomic E-state index is 0.0607. The molecular weight excluding hydrogens is 296 g/mol. The van der Waals surface area contributed by atoms with Crippen LogP contribution in [0.1, 0.15) is 26.3 Å². The molecule has 1 heterocycles. The maximum Gasteiger partial charge on any atom is 0.246 e. The van der Waals surface area contributed by atoms with Crippen molar-refractivity contribution in [3.8, 4) is 0 Å². The van der Waals surface area contributed by atoms with Crippen LogP contribution in [0.5, 0.6) is 0 Å². The van der Waals surface area contributed by atoms with Crippen molar-refractivity contribution in [1.29, 1.82) is 0 Å². The van der Waals surface area contributed by atoms with Gasteiger partial charge in [-0.3, -0.25) is 9.59 Å². The van der Waals surface area contributed by atoms with Crippen molar-refractivity contribution in [2.24, 2.45) is 0 Å². The van der Waals surface area contributed by atoms with Crippen molar-refractivity contribution in [1.82, 2.24) is 4.90 Å². The van der Waals surface area contributed by atoms with Crippen LogP contribution in [-0.4, -0.2) is 40.3 Å². The highest BCUT2D eigenvalue weighted by atomic mass is 32.2. The van der Waals surface area contributed by atoms with E-state index >= 15 is 0 Å². The van der Waals surface area contributed by atoms with Gasteiger partial charge in [0.05, 0.1) is 0 Å². The van der Waals surface area contributed by atoms with E-state index in [2.05, 4.69) is 19.2 Å². The minimum Gasteiger partial charge on any atom is -0.335 e. The van der Waals surface area contributed by atoms with Gasteiger partial charge in [-0.2, -0.15) is 11.8 Å². The molecule has 1 aliphatic rings. The maximum absolute atomic E-state index is 12.3. The second-order valence-electron chi connectivity index (χ2n) is 5.48. The molecule has 0 radical (unpaired) electrons. The molecular formula is C17H22N2O2S. The van der Waals surface area contributed by atoms with Crippen LogP contribution in [0.2, 0.25) is 0 Å². The fraction of sp³-hybridized carbons (Fsp3) is 0.412. The molecule has 1 aliphatic heterocycles. The Morgan fingerprint density at radius 3 is 2.59 bits per heavy atom. The first-order valence-corrected chi connectivity index (χ1v) is 8.50. The van der Waals surface area contributed by atoms with Crippen LogP contribution < -0.4 is 5.32 Å². The molecule has 0 aromatic heterocycles. The lowest BCUT2D eigenvalue weighted by Gasteiger charge is -2.36. The van der Waals surface area contributed by atoms with Gasteiger partial charge in [-0.1, -0.05) is 19.1 Å². The highest BCUT2D eigenvalue weighted by Crippen LogP contribution is 2.24. The normalized spacial score (nSPS) is 21.9. The monoisotopic (exact) mass is 318 g/mol. The fourth-order valence-corrected chi connectivity index (χ4v) is 3.49. The molecule has 1 fully saturated rings. The third kappa shape index (κ3) is 4.37. The Morgan fingerprint density at radius 1 is 1.27 bits per heavy atom. The van der Waals surface area contributed by atoms with Crippen molar-refractivity contribution in [3.05, 3.63) is 35.9 Å². The van der Waals surface area contributed by atoms with E-state index in [0.717, 1.165) is 23.5 Å². The zero-order valence-corrected chi connectivity index (χ0v) is 14.0. The van der Waals surface area contributed by atoms with Crippen LogP contribution in [0.4, 0.5) is 5.69 Å². The molecule has 22 heavy (non-hydrogen) atoms. The Bertz CT molecular complexity index is 569. The summed E-state index contributed by atoms with van der Waals surface area (Å²) >= 11 is 1.92. The number of hydrogen-bond donors (Lipinski definition) is 1. The topological polar surface area (TPSA) is 49.4 Å². The molecule has 5 heteroatoms. The van der Waals surface area contributed by atoms with Gasteiger partial charge in [0.25, 0.3) is 0 Å². The Balaban J connectivity index is 1.98. The Kier molecular flexibility index (Phi) is 5.66. The van der Waals surface area contributed by atoms with Crippen LogP contribution in [0.25, 0.3) is 6.08 Å². The average Bonchev–Trinajstić information content (AvgIpc) is 2.48. The molecule has 0 unspecified atom stereocenters. The van der Waals surface area contributed by atoms with Gasteiger partial charge in [0.2, 0.25) is 11.8 Å². The average molecular weight is 318 g/mol. The molecule has 1 aromatic rings. The third-order valence-electron chi connectivity index (χ3n) is 3.82. The quantitative estimate of drug-likeness (QED) is 0.872. The Morgan fingerprint density at radius 2 is 1.95 bits per heavy atom. The van der Waals surface area contributed by atoms with Crippen molar-refractivity contribution in [3.63, 3.8) is 0 Å². The number of rotatable bonds is 3. The largest absolute Gasteiger partial charge is 0.335 e. The summed E-state index contributed by atoms with van der Waals surface area (Å²) in [6.45, 7) is 6.55. The predicted molar refractivity (Wildman–Crippen MR) is 92.9 cm³/mol. The second-order valence-corrected chi connectivity index (χ2v) is 6.97. The van der Waals surface area contributed by atoms with E-state index in [1.807, 2.05) is 47.0 Å². The Labute approximate surface area is 136 Å². The lowest BCUT2D eigenvalue weighted by atomic mass is 10.1. The van der Waals surface area contributed by atoms with E-state index in [1.165, 1.54) is 6.92 Å². The van der Waals surface area contributed by atoms with Crippen molar-refractivity contribution in [2.75, 3.05) is 17.6 Å². The molecule has 0 spiro atoms. The summed E-state index contributed by atoms with van der Waals surface area (Å²) < 4.78 is 0. The number of anilines is 1. The summed E-state index contributed by atoms with van der Waals surface area (Å²) in [6, 6.07) is 7.68. The van der Waals surface area contributed by atoms with Gasteiger partial charge in [-0.05, 0) is 30.7 Å². The summed E-state index contributed by atoms with van der Waals surface area (Å²) in [7, 11) is 0. The molecule has 2 amide bonds. The molecule has 0 aliphatic carbocycles. The first-order valence-electron chi connectivity index (χ1n) is 7.45. The highest BCUT2D eigenvalue weighted by molar-refractivity contribution is 8.00. The van der Waals surface area contributed by atoms with Crippen molar-refractivity contribution >= 4 is 35.3 Å². The minimum atomic E-state index is -0.0930. The lowest BCUT2D eigenvalue weighted by Crippen LogP contribution is -2.47. The zero-order valence-electron chi connectivity index (χ0n) is 13.2. The summed E-state index contributed by atoms with van der Waals surface area (Å²) in [6.07, 6.45) is 3.45. The van der Waals surface area contributed by atoms with E-state index in [-0.39, 0.29) is 17.9 Å². The number of carbonyl (C=O) groups excluding carboxylic acids is 2. The van der Waals surface area contributed by atoms with E-state index in [9.17, 15) is 9.59 Å². The number of nitrogens with one attached hydrogen (secondary N) is 1. The van der Waals surface area contributed by atoms with E-state index in [0.29, 0.717) is 5.25 Å². The molecule has 1 aromatic carbocycles. The third-order valence-corrected chi connectivity index (χ3v) is 5.15. The number of thioether (sulfide) groups is 1. The maximum atomic E-state index is 12.3. The summed E-state index contributed by atoms with van der Waals surface area (Å²) in [5.74, 6) is 0.964. The first-order chi connectivity index (χ1) is 10.5. The summed E-state index contributed by atoms with van der Waals surface area (Å²) in [5, 5.41) is 3.19. The fourth-order valence-electron chi connectivity index (χ4n) is 2.39. The van der Waals surface area contributed by atoms with E-state index in [1.54, 1.807) is 6.08 Å². The highest BCUT2D eigenvalue weighted by Gasteiger charge is 2.27. The molecule has 1 saturated heterocycles. The molecule has 0 saturated carbocycles. The smallest absolute Gasteiger partial charge is 0.246 e. The van der Waals surface area contributed by atoms with Gasteiger partial charge in [0.15, 0.2) is 0 Å². The predicted octanol–water partition coefficient (Wildman–Crippen LogP) is 3.01. The number of benzene rings is 1. The van der Waals surface area contributed by atoms with E-state index in [4.69, 9.17) is 0 Å². The standard InChI is InChI=1S/C17H22N2O2S/c1-12-13(2)22-11-10-19(12)17(21)9-6-15-4-7-16(8-5-15)18-14(3)20/h4-9,12-13H,10-11H2,1-3H3,(H,18,20)/b9-6+/t12-,13+/m0/s1. The lowest BCUT2D eigenvalue weighted by molar-refractivity contribution is -0.127. The second kappa shape index (κ2) is 7.49. The van der Waals surface area contributed by atoms with Crippen LogP contribution in [0.3, 0.4) is 0 Å². The van der Waals surface area contributed by atoms with Crippen LogP contribution in [-0.2, 0) is 9.59 Å². The molecule has 0 bridgehead atoms. The van der Waals surface area contributed by atoms with Gasteiger partial charge in [0, 0.05) is 42.3 Å². The molecule has 1 N–H and O–H groups in total. The molecule has 2 atom stereocenters. The molecule has 4 nitrogen and oxygen atoms in total. The SMILES string of the molecule is CC(=O)Nc1ccc(/C=C/C(=O)N2CCS[C@H](C)[C@@H]2C)cc1. The van der Waals surface area contributed by atoms with Gasteiger partial charge >= 0.3 is 0 Å². The number of carbonyl (C=O) groups is 2. The molecule has 2 rings (SSSR count). The number of hydrogen-bond acceptors (Lipinski definition) is 3. The van der Waals surface area contributed by atoms with Gasteiger partial charge in [-0.25, -0.2) is 0 Å². The van der Waals surface area contributed by atoms with Gasteiger partial charge < -0.3 is 10.2 Å². The van der Waals surface area contributed by atoms with Crippen LogP contribution in [0, 0.1) is 0 Å². The van der Waals surface area contributed by atoms with Crippen molar-refractivity contribution in [2.45, 2.75) is 32.1 Å². The molecule has 118 valence electrons. The van der Waals surface area contributed by atoms with E-state index < -0.39 is 0 Å². The van der Waals surface area contributed by atoms with Gasteiger partial charge in [-0.15, -0.1) is 0 Å². The number of amides is 2. The Hall–Kier alpha value is -1.75. The van der Waals surface area contributed by atoms with Crippen LogP contribution in [0.15, 0.2) is 30.3 Å².